The van der Waals surface area contributed by atoms with Crippen LogP contribution in [0.5, 0.6) is 0 Å². The normalized spacial score (nSPS) is 12.0. The fourth-order valence-electron chi connectivity index (χ4n) is 0.362. The van der Waals surface area contributed by atoms with Gasteiger partial charge in [0.15, 0.2) is 0 Å². The molecule has 4 heteroatoms. The van der Waals surface area contributed by atoms with Crippen molar-refractivity contribution in [3.8, 4) is 0 Å². The average Bonchev–Trinajstić information content (AvgIpc) is 1.63. The van der Waals surface area contributed by atoms with Crippen molar-refractivity contribution in [1.29, 1.82) is 0 Å². The van der Waals surface area contributed by atoms with E-state index in [-0.39, 0.29) is 6.42 Å². The summed E-state index contributed by atoms with van der Waals surface area (Å²) in [5, 5.41) is 25.1. The van der Waals surface area contributed by atoms with Gasteiger partial charge in [-0.2, -0.15) is 6.32 Å². The van der Waals surface area contributed by atoms with Crippen molar-refractivity contribution in [2.24, 2.45) is 0 Å². The molecule has 56 valence electrons. The van der Waals surface area contributed by atoms with Crippen LogP contribution >= 0.6 is 0 Å². The molecule has 0 atom stereocenters. The van der Waals surface area contributed by atoms with Crippen molar-refractivity contribution in [2.45, 2.75) is 31.6 Å². The number of hydrogen-bond donors (Lipinski definition) is 3. The Balaban J connectivity index is 3.07. The molecule has 0 aliphatic carbocycles. The molecular weight excluding hydrogens is 119 g/mol. The van der Waals surface area contributed by atoms with E-state index in [0.717, 1.165) is 6.42 Å². The van der Waals surface area contributed by atoms with Crippen LogP contribution in [-0.4, -0.2) is 29.1 Å². The molecule has 0 unspecified atom stereocenters. The Hall–Kier alpha value is -0.0551. The van der Waals surface area contributed by atoms with E-state index in [1.807, 2.05) is 0 Å². The van der Waals surface area contributed by atoms with Crippen molar-refractivity contribution >= 4 is 7.85 Å². The van der Waals surface area contributed by atoms with Crippen LogP contribution in [-0.2, 0) is 0 Å². The molecular formula is C5H14BO3-. The van der Waals surface area contributed by atoms with Gasteiger partial charge in [-0.05, 0) is 14.3 Å². The number of hydrogen-bond acceptors (Lipinski definition) is 3. The van der Waals surface area contributed by atoms with Gasteiger partial charge in [-0.1, -0.05) is 6.42 Å². The third-order valence-corrected chi connectivity index (χ3v) is 0.762. The fraction of sp³-hybridized carbons (Fsp3) is 1.00. The molecule has 3 nitrogen and oxygen atoms in total. The van der Waals surface area contributed by atoms with Crippen LogP contribution in [0.15, 0.2) is 0 Å². The second-order valence-electron chi connectivity index (χ2n) is 1.73. The third kappa shape index (κ3) is 7.94. The van der Waals surface area contributed by atoms with E-state index in [4.69, 9.17) is 15.3 Å². The Morgan fingerprint density at radius 1 is 1.11 bits per heavy atom. The maximum Gasteiger partial charge on any atom is 0.275 e. The lowest BCUT2D eigenvalue weighted by Gasteiger charge is -2.12. The Bertz CT molecular complexity index is 69.1. The van der Waals surface area contributed by atoms with Crippen molar-refractivity contribution in [3.05, 3.63) is 0 Å². The van der Waals surface area contributed by atoms with Crippen LogP contribution in [0.2, 0.25) is 6.32 Å². The summed E-state index contributed by atoms with van der Waals surface area (Å²) in [7, 11) is 0.455. The molecule has 0 spiro atoms. The summed E-state index contributed by atoms with van der Waals surface area (Å²) in [5.74, 6) is -2.42. The molecule has 0 aliphatic heterocycles. The minimum atomic E-state index is -2.42. The van der Waals surface area contributed by atoms with Gasteiger partial charge in [0.05, 0.1) is 0 Å². The maximum atomic E-state index is 8.38. The Kier molecular flexibility index (Phi) is 3.85. The lowest BCUT2D eigenvalue weighted by atomic mass is 9.99. The summed E-state index contributed by atoms with van der Waals surface area (Å²) < 4.78 is 0. The van der Waals surface area contributed by atoms with Crippen LogP contribution in [0.1, 0.15) is 19.3 Å². The molecule has 0 bridgehead atoms. The van der Waals surface area contributed by atoms with E-state index >= 15 is 0 Å². The highest BCUT2D eigenvalue weighted by atomic mass is 16.7. The molecule has 0 saturated carbocycles. The zero-order chi connectivity index (χ0) is 7.33. The molecule has 9 heavy (non-hydrogen) atoms. The largest absolute Gasteiger partial charge is 0.344 e. The van der Waals surface area contributed by atoms with Crippen LogP contribution in [0.25, 0.3) is 0 Å². The van der Waals surface area contributed by atoms with E-state index < -0.39 is 5.97 Å². The minimum absolute atomic E-state index is 0.0825. The van der Waals surface area contributed by atoms with Gasteiger partial charge in [-0.15, -0.1) is 0 Å². The first-order valence-electron chi connectivity index (χ1n) is 2.52. The zero-order valence-electron chi connectivity index (χ0n) is 4.67. The number of aliphatic hydroxyl groups is 3. The van der Waals surface area contributed by atoms with Gasteiger partial charge in [0.25, 0.3) is 5.97 Å². The fourth-order valence-corrected chi connectivity index (χ4v) is 0.362. The molecule has 0 rings (SSSR count). The van der Waals surface area contributed by atoms with Gasteiger partial charge in [0, 0.05) is 6.42 Å². The first kappa shape index (κ1) is 8.94. The molecule has 0 aromatic carbocycles. The topological polar surface area (TPSA) is 60.7 Å². The average molecular weight is 133 g/mol. The molecule has 0 amide bonds. The van der Waals surface area contributed by atoms with E-state index in [1.54, 1.807) is 0 Å². The lowest BCUT2D eigenvalue weighted by Crippen LogP contribution is -2.26. The van der Waals surface area contributed by atoms with Crippen LogP contribution in [0.4, 0.5) is 0 Å². The van der Waals surface area contributed by atoms with Gasteiger partial charge < -0.3 is 15.3 Å². The summed E-state index contributed by atoms with van der Waals surface area (Å²) >= 11 is 0. The highest BCUT2D eigenvalue weighted by molar-refractivity contribution is 6.08. The summed E-state index contributed by atoms with van der Waals surface area (Å²) in [6.07, 6.45) is 3.09. The van der Waals surface area contributed by atoms with E-state index in [2.05, 4.69) is 0 Å². The van der Waals surface area contributed by atoms with Gasteiger partial charge in [0.2, 0.25) is 0 Å². The van der Waals surface area contributed by atoms with Gasteiger partial charge in [0.1, 0.15) is 0 Å². The SMILES string of the molecule is [BH3-]CCCCC(O)(O)O. The monoisotopic (exact) mass is 133 g/mol. The van der Waals surface area contributed by atoms with Gasteiger partial charge in [-0.3, -0.25) is 0 Å². The summed E-state index contributed by atoms with van der Waals surface area (Å²) in [4.78, 5) is 0. The predicted molar refractivity (Wildman–Crippen MR) is 38.0 cm³/mol. The Morgan fingerprint density at radius 2 is 1.67 bits per heavy atom. The molecule has 0 aliphatic rings. The van der Waals surface area contributed by atoms with E-state index in [1.165, 1.54) is 6.32 Å². The summed E-state index contributed by atoms with van der Waals surface area (Å²) in [6.45, 7) is 0. The number of unbranched alkanes of at least 4 members (excludes halogenated alkanes) is 1. The van der Waals surface area contributed by atoms with Crippen molar-refractivity contribution in [3.63, 3.8) is 0 Å². The summed E-state index contributed by atoms with van der Waals surface area (Å²) in [6, 6.07) is 0. The lowest BCUT2D eigenvalue weighted by molar-refractivity contribution is -0.314. The van der Waals surface area contributed by atoms with E-state index in [0.29, 0.717) is 14.3 Å². The van der Waals surface area contributed by atoms with Gasteiger partial charge in [-0.25, -0.2) is 0 Å². The third-order valence-electron chi connectivity index (χ3n) is 0.762. The van der Waals surface area contributed by atoms with Crippen molar-refractivity contribution in [1.82, 2.24) is 0 Å². The minimum Gasteiger partial charge on any atom is -0.344 e. The molecule has 0 fully saturated rings. The highest BCUT2D eigenvalue weighted by Crippen LogP contribution is 2.07. The predicted octanol–water partition coefficient (Wildman–Crippen LogP) is -1.43. The zero-order valence-corrected chi connectivity index (χ0v) is 4.67. The second kappa shape index (κ2) is 3.87. The van der Waals surface area contributed by atoms with Gasteiger partial charge >= 0.3 is 0 Å². The first-order chi connectivity index (χ1) is 4.06. The molecule has 0 aromatic heterocycles. The van der Waals surface area contributed by atoms with Crippen molar-refractivity contribution < 1.29 is 15.3 Å². The standard InChI is InChI=1S/C5H14BO3/c6-4-2-1-3-5(7,8)9/h7-9H,1-4H2,6H3/q-1. The van der Waals surface area contributed by atoms with Crippen molar-refractivity contribution in [2.75, 3.05) is 0 Å². The smallest absolute Gasteiger partial charge is 0.275 e. The molecule has 3 N–H and O–H groups in total. The maximum absolute atomic E-state index is 8.38. The molecule has 0 aromatic rings. The Morgan fingerprint density at radius 3 is 2.00 bits per heavy atom. The van der Waals surface area contributed by atoms with E-state index in [9.17, 15) is 0 Å². The summed E-state index contributed by atoms with van der Waals surface area (Å²) in [5.41, 5.74) is 0. The number of rotatable bonds is 4. The molecule has 0 heterocycles. The van der Waals surface area contributed by atoms with Crippen LogP contribution < -0.4 is 0 Å². The first-order valence-corrected chi connectivity index (χ1v) is 2.52. The highest BCUT2D eigenvalue weighted by Gasteiger charge is 2.15. The molecule has 0 saturated heterocycles. The Labute approximate surface area is 55.7 Å². The van der Waals surface area contributed by atoms with Crippen LogP contribution in [0, 0.1) is 0 Å². The van der Waals surface area contributed by atoms with Crippen LogP contribution in [0.3, 0.4) is 0 Å². The second-order valence-corrected chi connectivity index (χ2v) is 1.73. The quantitative estimate of drug-likeness (QED) is 0.250. The molecule has 0 radical (unpaired) electrons.